The van der Waals surface area contributed by atoms with Gasteiger partial charge in [-0.25, -0.2) is 0 Å². The van der Waals surface area contributed by atoms with Crippen molar-refractivity contribution in [2.45, 2.75) is 6.54 Å². The van der Waals surface area contributed by atoms with Crippen LogP contribution in [0.25, 0.3) is 0 Å². The molecule has 0 aliphatic carbocycles. The maximum absolute atomic E-state index is 6.13. The van der Waals surface area contributed by atoms with Gasteiger partial charge in [-0.1, -0.05) is 29.8 Å². The van der Waals surface area contributed by atoms with Gasteiger partial charge in [-0.15, -0.1) is 0 Å². The first-order chi connectivity index (χ1) is 11.6. The van der Waals surface area contributed by atoms with Crippen LogP contribution in [0.4, 0.5) is 5.69 Å². The van der Waals surface area contributed by atoms with E-state index in [-0.39, 0.29) is 0 Å². The summed E-state index contributed by atoms with van der Waals surface area (Å²) >= 11 is 11.5. The minimum atomic E-state index is 0.462. The van der Waals surface area contributed by atoms with Gasteiger partial charge < -0.3 is 24.8 Å². The fourth-order valence-corrected chi connectivity index (χ4v) is 2.54. The molecule has 2 N–H and O–H groups in total. The highest BCUT2D eigenvalue weighted by Gasteiger charge is 2.13. The number of benzene rings is 2. The van der Waals surface area contributed by atoms with E-state index in [1.54, 1.807) is 33.5 Å². The fourth-order valence-electron chi connectivity index (χ4n) is 2.15. The molecule has 0 bridgehead atoms. The van der Waals surface area contributed by atoms with Crippen molar-refractivity contribution >= 4 is 34.6 Å². The second kappa shape index (κ2) is 8.61. The Balaban J connectivity index is 2.07. The normalized spacial score (nSPS) is 10.0. The van der Waals surface area contributed by atoms with E-state index < -0.39 is 0 Å². The highest BCUT2D eigenvalue weighted by atomic mass is 35.5. The van der Waals surface area contributed by atoms with Crippen LogP contribution in [0.2, 0.25) is 5.02 Å². The van der Waals surface area contributed by atoms with E-state index in [1.165, 1.54) is 0 Å². The molecule has 0 aliphatic rings. The zero-order valence-corrected chi connectivity index (χ0v) is 15.3. The maximum Gasteiger partial charge on any atom is 0.203 e. The molecular formula is C17H19ClN2O3S. The molecule has 0 saturated carbocycles. The number of hydrogen-bond acceptors (Lipinski definition) is 4. The standard InChI is InChI=1S/C17H19ClN2O3S/c1-21-14-8-12(9-15(22-2)16(14)23-3)20-17(24)19-10-11-6-4-5-7-13(11)18/h4-9H,10H2,1-3H3,(H2,19,20,24). The summed E-state index contributed by atoms with van der Waals surface area (Å²) in [5.41, 5.74) is 1.69. The van der Waals surface area contributed by atoms with Gasteiger partial charge >= 0.3 is 0 Å². The van der Waals surface area contributed by atoms with Crippen LogP contribution in [-0.4, -0.2) is 26.4 Å². The number of thiocarbonyl (C=S) groups is 1. The minimum Gasteiger partial charge on any atom is -0.493 e. The molecule has 7 heteroatoms. The number of hydrogen-bond donors (Lipinski definition) is 2. The fraction of sp³-hybridized carbons (Fsp3) is 0.235. The summed E-state index contributed by atoms with van der Waals surface area (Å²) in [4.78, 5) is 0. The summed E-state index contributed by atoms with van der Waals surface area (Å²) < 4.78 is 15.9. The summed E-state index contributed by atoms with van der Waals surface area (Å²) in [6, 6.07) is 11.2. The van der Waals surface area contributed by atoms with Gasteiger partial charge in [0, 0.05) is 29.4 Å². The molecule has 0 fully saturated rings. The van der Waals surface area contributed by atoms with Crippen LogP contribution in [0.15, 0.2) is 36.4 Å². The molecule has 0 saturated heterocycles. The molecule has 0 aromatic heterocycles. The zero-order valence-electron chi connectivity index (χ0n) is 13.7. The molecule has 128 valence electrons. The lowest BCUT2D eigenvalue weighted by Gasteiger charge is -2.16. The second-order valence-corrected chi connectivity index (χ2v) is 5.63. The van der Waals surface area contributed by atoms with E-state index >= 15 is 0 Å². The molecule has 0 unspecified atom stereocenters. The molecule has 2 aromatic rings. The molecule has 0 aliphatic heterocycles. The van der Waals surface area contributed by atoms with Crippen LogP contribution in [-0.2, 0) is 6.54 Å². The largest absolute Gasteiger partial charge is 0.493 e. The van der Waals surface area contributed by atoms with E-state index in [4.69, 9.17) is 38.0 Å². The first-order valence-corrected chi connectivity index (χ1v) is 7.96. The molecule has 0 atom stereocenters. The number of ether oxygens (including phenoxy) is 3. The predicted molar refractivity (Wildman–Crippen MR) is 101 cm³/mol. The summed E-state index contributed by atoms with van der Waals surface area (Å²) in [5, 5.41) is 7.37. The minimum absolute atomic E-state index is 0.462. The van der Waals surface area contributed by atoms with Crippen molar-refractivity contribution in [2.24, 2.45) is 0 Å². The topological polar surface area (TPSA) is 51.8 Å². The van der Waals surface area contributed by atoms with Gasteiger partial charge in [0.15, 0.2) is 16.6 Å². The van der Waals surface area contributed by atoms with Crippen molar-refractivity contribution in [1.29, 1.82) is 0 Å². The van der Waals surface area contributed by atoms with E-state index in [0.717, 1.165) is 11.3 Å². The Hall–Kier alpha value is -2.18. The number of rotatable bonds is 6. The third-order valence-corrected chi connectivity index (χ3v) is 3.93. The maximum atomic E-state index is 6.13. The lowest BCUT2D eigenvalue weighted by atomic mass is 10.2. The molecular weight excluding hydrogens is 348 g/mol. The molecule has 0 spiro atoms. The first kappa shape index (κ1) is 18.2. The van der Waals surface area contributed by atoms with Crippen molar-refractivity contribution in [2.75, 3.05) is 26.6 Å². The van der Waals surface area contributed by atoms with Crippen molar-refractivity contribution in [3.63, 3.8) is 0 Å². The average molecular weight is 367 g/mol. The smallest absolute Gasteiger partial charge is 0.203 e. The second-order valence-electron chi connectivity index (χ2n) is 4.81. The van der Waals surface area contributed by atoms with Crippen LogP contribution in [0.1, 0.15) is 5.56 Å². The van der Waals surface area contributed by atoms with Crippen molar-refractivity contribution in [3.05, 3.63) is 47.0 Å². The summed E-state index contributed by atoms with van der Waals surface area (Å²) in [5.74, 6) is 1.63. The zero-order chi connectivity index (χ0) is 17.5. The van der Waals surface area contributed by atoms with Gasteiger partial charge in [0.1, 0.15) is 0 Å². The molecule has 0 amide bonds. The highest BCUT2D eigenvalue weighted by molar-refractivity contribution is 7.80. The van der Waals surface area contributed by atoms with Gasteiger partial charge in [-0.2, -0.15) is 0 Å². The lowest BCUT2D eigenvalue weighted by molar-refractivity contribution is 0.324. The first-order valence-electron chi connectivity index (χ1n) is 7.17. The Morgan fingerprint density at radius 2 is 1.67 bits per heavy atom. The third kappa shape index (κ3) is 4.43. The average Bonchev–Trinajstić information content (AvgIpc) is 2.60. The lowest BCUT2D eigenvalue weighted by Crippen LogP contribution is -2.28. The third-order valence-electron chi connectivity index (χ3n) is 3.32. The van der Waals surface area contributed by atoms with E-state index in [0.29, 0.717) is 33.9 Å². The van der Waals surface area contributed by atoms with Crippen molar-refractivity contribution in [1.82, 2.24) is 5.32 Å². The summed E-state index contributed by atoms with van der Waals surface area (Å²) in [6.07, 6.45) is 0. The summed E-state index contributed by atoms with van der Waals surface area (Å²) in [6.45, 7) is 0.524. The number of anilines is 1. The highest BCUT2D eigenvalue weighted by Crippen LogP contribution is 2.39. The molecule has 5 nitrogen and oxygen atoms in total. The van der Waals surface area contributed by atoms with Gasteiger partial charge in [0.05, 0.1) is 21.3 Å². The van der Waals surface area contributed by atoms with E-state index in [9.17, 15) is 0 Å². The van der Waals surface area contributed by atoms with E-state index in [1.807, 2.05) is 24.3 Å². The van der Waals surface area contributed by atoms with Gasteiger partial charge in [0.2, 0.25) is 5.75 Å². The Morgan fingerprint density at radius 3 is 2.21 bits per heavy atom. The monoisotopic (exact) mass is 366 g/mol. The van der Waals surface area contributed by atoms with E-state index in [2.05, 4.69) is 10.6 Å². The Kier molecular flexibility index (Phi) is 6.52. The molecule has 0 heterocycles. The number of halogens is 1. The SMILES string of the molecule is COc1cc(NC(=S)NCc2ccccc2Cl)cc(OC)c1OC. The van der Waals surface area contributed by atoms with Gasteiger partial charge in [-0.05, 0) is 23.8 Å². The number of methoxy groups -OCH3 is 3. The predicted octanol–water partition coefficient (Wildman–Crippen LogP) is 3.85. The van der Waals surface area contributed by atoms with Gasteiger partial charge in [0.25, 0.3) is 0 Å². The summed E-state index contributed by atoms with van der Waals surface area (Å²) in [7, 11) is 4.69. The Bertz CT molecular complexity index is 700. The van der Waals surface area contributed by atoms with Crippen molar-refractivity contribution < 1.29 is 14.2 Å². The quantitative estimate of drug-likeness (QED) is 0.757. The molecule has 2 aromatic carbocycles. The van der Waals surface area contributed by atoms with Crippen LogP contribution < -0.4 is 24.8 Å². The molecule has 2 rings (SSSR count). The Morgan fingerprint density at radius 1 is 1.04 bits per heavy atom. The van der Waals surface area contributed by atoms with Gasteiger partial charge in [-0.3, -0.25) is 0 Å². The van der Waals surface area contributed by atoms with Crippen LogP contribution >= 0.6 is 23.8 Å². The molecule has 24 heavy (non-hydrogen) atoms. The van der Waals surface area contributed by atoms with Crippen molar-refractivity contribution in [3.8, 4) is 17.2 Å². The van der Waals surface area contributed by atoms with Crippen LogP contribution in [0.5, 0.6) is 17.2 Å². The molecule has 0 radical (unpaired) electrons. The Labute approximate surface area is 151 Å². The van der Waals surface area contributed by atoms with Crippen LogP contribution in [0, 0.1) is 0 Å². The van der Waals surface area contributed by atoms with Crippen LogP contribution in [0.3, 0.4) is 0 Å². The number of nitrogens with one attached hydrogen (secondary N) is 2.